The first kappa shape index (κ1) is 35.7. The summed E-state index contributed by atoms with van der Waals surface area (Å²) < 4.78 is 0. The molecule has 0 heterocycles. The van der Waals surface area contributed by atoms with E-state index < -0.39 is 0 Å². The molecule has 1 heteroatoms. The molecule has 10 aromatic carbocycles. The normalized spacial score (nSPS) is 11.1. The van der Waals surface area contributed by atoms with E-state index in [1.165, 1.54) is 77.5 Å². The Morgan fingerprint density at radius 1 is 0.203 bits per heavy atom. The van der Waals surface area contributed by atoms with Crippen molar-refractivity contribution in [1.82, 2.24) is 0 Å². The molecule has 0 radical (unpaired) electrons. The molecule has 1 nitrogen and oxygen atoms in total. The van der Waals surface area contributed by atoms with E-state index in [9.17, 15) is 0 Å². The lowest BCUT2D eigenvalue weighted by Gasteiger charge is -2.26. The Morgan fingerprint density at radius 3 is 1.10 bits per heavy atom. The maximum Gasteiger partial charge on any atom is 0.0467 e. The minimum absolute atomic E-state index is 1.09. The summed E-state index contributed by atoms with van der Waals surface area (Å²) in [6.07, 6.45) is 0. The topological polar surface area (TPSA) is 3.24 Å². The molecule has 0 aliphatic carbocycles. The fourth-order valence-corrected chi connectivity index (χ4v) is 8.19. The molecule has 0 bridgehead atoms. The highest BCUT2D eigenvalue weighted by molar-refractivity contribution is 5.97. The smallest absolute Gasteiger partial charge is 0.0467 e. The van der Waals surface area contributed by atoms with Gasteiger partial charge in [0, 0.05) is 17.1 Å². The minimum Gasteiger partial charge on any atom is -0.310 e. The van der Waals surface area contributed by atoms with Crippen molar-refractivity contribution in [2.24, 2.45) is 0 Å². The SMILES string of the molecule is c1ccc(-c2ccc(-c3ccc(N(c4ccc(-c5cccc(-c6cccc7ccccc67)c5)cc4)c4cccc(-c5ccc(-c6ccccc6)cc5)c4)cc3)cc2)cc1. The van der Waals surface area contributed by atoms with Crippen molar-refractivity contribution in [2.45, 2.75) is 0 Å². The first-order valence-electron chi connectivity index (χ1n) is 20.2. The lowest BCUT2D eigenvalue weighted by Crippen LogP contribution is -2.10. The summed E-state index contributed by atoms with van der Waals surface area (Å²) >= 11 is 0. The predicted molar refractivity (Wildman–Crippen MR) is 251 cm³/mol. The van der Waals surface area contributed by atoms with Crippen molar-refractivity contribution in [3.8, 4) is 66.8 Å². The molecule has 10 rings (SSSR count). The number of hydrogen-bond acceptors (Lipinski definition) is 1. The first-order chi connectivity index (χ1) is 29.2. The molecular formula is C58H41N. The summed E-state index contributed by atoms with van der Waals surface area (Å²) in [7, 11) is 0. The first-order valence-corrected chi connectivity index (χ1v) is 20.2. The largest absolute Gasteiger partial charge is 0.310 e. The van der Waals surface area contributed by atoms with E-state index in [2.05, 4.69) is 254 Å². The van der Waals surface area contributed by atoms with E-state index in [0.29, 0.717) is 0 Å². The second kappa shape index (κ2) is 16.0. The lowest BCUT2D eigenvalue weighted by molar-refractivity contribution is 1.28. The van der Waals surface area contributed by atoms with Crippen LogP contribution in [0, 0.1) is 0 Å². The van der Waals surface area contributed by atoms with Crippen LogP contribution in [-0.2, 0) is 0 Å². The summed E-state index contributed by atoms with van der Waals surface area (Å²) in [4.78, 5) is 2.36. The van der Waals surface area contributed by atoms with Gasteiger partial charge in [0.15, 0.2) is 0 Å². The van der Waals surface area contributed by atoms with Gasteiger partial charge in [-0.3, -0.25) is 0 Å². The fourth-order valence-electron chi connectivity index (χ4n) is 8.19. The van der Waals surface area contributed by atoms with Gasteiger partial charge in [-0.05, 0) is 120 Å². The van der Waals surface area contributed by atoms with Gasteiger partial charge in [-0.15, -0.1) is 0 Å². The van der Waals surface area contributed by atoms with Gasteiger partial charge in [-0.1, -0.05) is 206 Å². The zero-order valence-corrected chi connectivity index (χ0v) is 32.6. The number of benzene rings is 10. The lowest BCUT2D eigenvalue weighted by atomic mass is 9.95. The molecule has 0 saturated heterocycles. The molecule has 0 spiro atoms. The molecule has 0 fully saturated rings. The Labute approximate surface area is 346 Å². The summed E-state index contributed by atoms with van der Waals surface area (Å²) in [6.45, 7) is 0. The number of anilines is 3. The number of fused-ring (bicyclic) bond motifs is 1. The molecule has 0 aliphatic heterocycles. The van der Waals surface area contributed by atoms with Crippen LogP contribution in [-0.4, -0.2) is 0 Å². The van der Waals surface area contributed by atoms with Gasteiger partial charge in [0.05, 0.1) is 0 Å². The van der Waals surface area contributed by atoms with Gasteiger partial charge < -0.3 is 4.90 Å². The Balaban J connectivity index is 0.995. The standard InChI is InChI=1S/C58H41N/c1-3-12-42(13-4-1)44-24-26-46(27-25-44)47-32-36-54(37-33-47)59(56-21-10-19-52(41-56)48-30-28-45(29-31-48)43-14-5-2-6-15-43)55-38-34-49(35-39-55)51-18-9-20-53(40-51)58-23-11-17-50-16-7-8-22-57(50)58/h1-41H. The summed E-state index contributed by atoms with van der Waals surface area (Å²) in [5, 5.41) is 2.52. The Kier molecular flexibility index (Phi) is 9.68. The number of hydrogen-bond donors (Lipinski definition) is 0. The van der Waals surface area contributed by atoms with Gasteiger partial charge in [0.2, 0.25) is 0 Å². The van der Waals surface area contributed by atoms with E-state index in [1.807, 2.05) is 0 Å². The van der Waals surface area contributed by atoms with E-state index >= 15 is 0 Å². The molecule has 10 aromatic rings. The summed E-state index contributed by atoms with van der Waals surface area (Å²) in [5.74, 6) is 0. The molecule has 0 aliphatic rings. The van der Waals surface area contributed by atoms with Crippen molar-refractivity contribution >= 4 is 27.8 Å². The van der Waals surface area contributed by atoms with Crippen LogP contribution in [0.1, 0.15) is 0 Å². The van der Waals surface area contributed by atoms with Gasteiger partial charge in [0.25, 0.3) is 0 Å². The van der Waals surface area contributed by atoms with Crippen molar-refractivity contribution in [1.29, 1.82) is 0 Å². The third-order valence-electron chi connectivity index (χ3n) is 11.3. The average molecular weight is 752 g/mol. The van der Waals surface area contributed by atoms with Crippen molar-refractivity contribution in [2.75, 3.05) is 4.90 Å². The molecule has 59 heavy (non-hydrogen) atoms. The van der Waals surface area contributed by atoms with Gasteiger partial charge in [0.1, 0.15) is 0 Å². The van der Waals surface area contributed by atoms with Gasteiger partial charge >= 0.3 is 0 Å². The van der Waals surface area contributed by atoms with E-state index in [4.69, 9.17) is 0 Å². The molecule has 0 N–H and O–H groups in total. The van der Waals surface area contributed by atoms with Crippen LogP contribution < -0.4 is 4.90 Å². The second-order valence-electron chi connectivity index (χ2n) is 15.0. The predicted octanol–water partition coefficient (Wildman–Crippen LogP) is 16.3. The molecule has 278 valence electrons. The Bertz CT molecular complexity index is 2980. The summed E-state index contributed by atoms with van der Waals surface area (Å²) in [5.41, 5.74) is 17.7. The maximum absolute atomic E-state index is 2.36. The molecular weight excluding hydrogens is 711 g/mol. The quantitative estimate of drug-likeness (QED) is 0.142. The third-order valence-corrected chi connectivity index (χ3v) is 11.3. The van der Waals surface area contributed by atoms with Crippen molar-refractivity contribution in [3.05, 3.63) is 249 Å². The zero-order valence-electron chi connectivity index (χ0n) is 32.6. The molecule has 0 saturated carbocycles. The van der Waals surface area contributed by atoms with Crippen LogP contribution in [0.15, 0.2) is 249 Å². The molecule has 0 aromatic heterocycles. The van der Waals surface area contributed by atoms with Crippen molar-refractivity contribution in [3.63, 3.8) is 0 Å². The molecule has 0 atom stereocenters. The highest BCUT2D eigenvalue weighted by Gasteiger charge is 2.15. The van der Waals surface area contributed by atoms with E-state index in [-0.39, 0.29) is 0 Å². The fraction of sp³-hybridized carbons (Fsp3) is 0. The molecule has 0 unspecified atom stereocenters. The van der Waals surface area contributed by atoms with Crippen LogP contribution in [0.5, 0.6) is 0 Å². The highest BCUT2D eigenvalue weighted by atomic mass is 15.1. The minimum atomic E-state index is 1.09. The summed E-state index contributed by atoms with van der Waals surface area (Å²) in [6, 6.07) is 89.7. The molecule has 0 amide bonds. The second-order valence-corrected chi connectivity index (χ2v) is 15.0. The van der Waals surface area contributed by atoms with Crippen LogP contribution in [0.2, 0.25) is 0 Å². The number of nitrogens with zero attached hydrogens (tertiary/aromatic N) is 1. The van der Waals surface area contributed by atoms with Crippen LogP contribution in [0.3, 0.4) is 0 Å². The van der Waals surface area contributed by atoms with Crippen LogP contribution in [0.25, 0.3) is 77.5 Å². The van der Waals surface area contributed by atoms with E-state index in [1.54, 1.807) is 0 Å². The van der Waals surface area contributed by atoms with Gasteiger partial charge in [-0.25, -0.2) is 0 Å². The maximum atomic E-state index is 2.36. The van der Waals surface area contributed by atoms with Crippen molar-refractivity contribution < 1.29 is 0 Å². The average Bonchev–Trinajstić information content (AvgIpc) is 3.33. The van der Waals surface area contributed by atoms with Crippen LogP contribution >= 0.6 is 0 Å². The number of rotatable bonds is 9. The monoisotopic (exact) mass is 751 g/mol. The third kappa shape index (κ3) is 7.46. The van der Waals surface area contributed by atoms with Crippen LogP contribution in [0.4, 0.5) is 17.1 Å². The van der Waals surface area contributed by atoms with Gasteiger partial charge in [-0.2, -0.15) is 0 Å². The highest BCUT2D eigenvalue weighted by Crippen LogP contribution is 2.39. The van der Waals surface area contributed by atoms with E-state index in [0.717, 1.165) is 17.1 Å². The Hall–Kier alpha value is -7.74. The zero-order chi connectivity index (χ0) is 39.4. The Morgan fingerprint density at radius 2 is 0.559 bits per heavy atom.